The number of ether oxygens (including phenoxy) is 2. The van der Waals surface area contributed by atoms with Crippen molar-refractivity contribution in [3.8, 4) is 11.5 Å². The van der Waals surface area contributed by atoms with Gasteiger partial charge in [0.25, 0.3) is 5.91 Å². The van der Waals surface area contributed by atoms with Crippen molar-refractivity contribution >= 4 is 24.1 Å². The van der Waals surface area contributed by atoms with Gasteiger partial charge in [-0.25, -0.2) is 9.59 Å². The van der Waals surface area contributed by atoms with Crippen molar-refractivity contribution in [3.05, 3.63) is 47.9 Å². The van der Waals surface area contributed by atoms with Crippen LogP contribution in [-0.4, -0.2) is 41.8 Å². The molecule has 1 aliphatic heterocycles. The monoisotopic (exact) mass is 425 g/mol. The van der Waals surface area contributed by atoms with E-state index < -0.39 is 17.5 Å². The maximum absolute atomic E-state index is 12.9. The lowest BCUT2D eigenvalue weighted by Crippen LogP contribution is -2.49. The second-order valence-corrected chi connectivity index (χ2v) is 7.83. The van der Waals surface area contributed by atoms with Gasteiger partial charge in [-0.1, -0.05) is 6.92 Å². The summed E-state index contributed by atoms with van der Waals surface area (Å²) in [5.41, 5.74) is -0.281. The van der Waals surface area contributed by atoms with E-state index in [2.05, 4.69) is 17.3 Å². The molecule has 9 heteroatoms. The molecule has 9 nitrogen and oxygen atoms in total. The van der Waals surface area contributed by atoms with E-state index >= 15 is 0 Å². The summed E-state index contributed by atoms with van der Waals surface area (Å²) in [6.07, 6.45) is 5.78. The molecule has 2 aromatic rings. The largest absolute Gasteiger partial charge is 0.493 e. The van der Waals surface area contributed by atoms with Gasteiger partial charge in [0, 0.05) is 0 Å². The molecule has 1 spiro atoms. The highest BCUT2D eigenvalue weighted by Gasteiger charge is 2.52. The molecule has 0 atom stereocenters. The number of esters is 1. The quantitative estimate of drug-likeness (QED) is 0.340. The van der Waals surface area contributed by atoms with Crippen molar-refractivity contribution in [3.63, 3.8) is 0 Å². The highest BCUT2D eigenvalue weighted by Crippen LogP contribution is 2.36. The lowest BCUT2D eigenvalue weighted by atomic mass is 9.77. The second-order valence-electron chi connectivity index (χ2n) is 7.83. The molecule has 31 heavy (non-hydrogen) atoms. The molecule has 1 N–H and O–H groups in total. The Morgan fingerprint density at radius 1 is 1.26 bits per heavy atom. The molecular formula is C22H23N3O6. The molecule has 1 saturated carbocycles. The zero-order chi connectivity index (χ0) is 22.0. The van der Waals surface area contributed by atoms with Gasteiger partial charge in [0.05, 0.1) is 19.6 Å². The van der Waals surface area contributed by atoms with Crippen LogP contribution in [0.5, 0.6) is 11.5 Å². The lowest BCUT2D eigenvalue weighted by molar-refractivity contribution is -0.132. The molecule has 2 fully saturated rings. The first-order valence-corrected chi connectivity index (χ1v) is 10.1. The Hall–Kier alpha value is -3.62. The van der Waals surface area contributed by atoms with Crippen LogP contribution >= 0.6 is 0 Å². The number of hydrogen-bond acceptors (Lipinski definition) is 7. The van der Waals surface area contributed by atoms with Crippen LogP contribution in [-0.2, 0) is 4.79 Å². The topological polar surface area (TPSA) is 110 Å². The smallest absolute Gasteiger partial charge is 0.379 e. The van der Waals surface area contributed by atoms with Gasteiger partial charge in [0.2, 0.25) is 5.76 Å². The van der Waals surface area contributed by atoms with Crippen LogP contribution < -0.4 is 14.8 Å². The second kappa shape index (κ2) is 8.25. The molecule has 1 aromatic carbocycles. The number of carbonyl (C=O) groups excluding carboxylic acids is 3. The minimum absolute atomic E-state index is 0.0669. The fourth-order valence-electron chi connectivity index (χ4n) is 3.82. The number of hydrogen-bond donors (Lipinski definition) is 1. The zero-order valence-electron chi connectivity index (χ0n) is 17.3. The van der Waals surface area contributed by atoms with E-state index in [1.165, 1.54) is 31.7 Å². The first-order chi connectivity index (χ1) is 14.9. The molecule has 3 amide bonds. The number of benzene rings is 1. The Morgan fingerprint density at radius 3 is 2.71 bits per heavy atom. The number of carbonyl (C=O) groups is 3. The molecule has 0 bridgehead atoms. The number of imide groups is 1. The first-order valence-electron chi connectivity index (χ1n) is 10.1. The van der Waals surface area contributed by atoms with Crippen LogP contribution in [0.15, 0.2) is 46.1 Å². The van der Waals surface area contributed by atoms with Crippen molar-refractivity contribution in [2.24, 2.45) is 11.0 Å². The number of furan rings is 1. The van der Waals surface area contributed by atoms with Crippen LogP contribution in [0.3, 0.4) is 0 Å². The summed E-state index contributed by atoms with van der Waals surface area (Å²) in [4.78, 5) is 37.3. The minimum atomic E-state index is -0.845. The van der Waals surface area contributed by atoms with E-state index in [4.69, 9.17) is 13.9 Å². The third kappa shape index (κ3) is 4.03. The highest BCUT2D eigenvalue weighted by atomic mass is 16.6. The number of amides is 3. The highest BCUT2D eigenvalue weighted by molar-refractivity contribution is 6.07. The third-order valence-electron chi connectivity index (χ3n) is 5.70. The summed E-state index contributed by atoms with van der Waals surface area (Å²) in [6, 6.07) is 7.32. The summed E-state index contributed by atoms with van der Waals surface area (Å²) in [7, 11) is 1.44. The molecule has 0 unspecified atom stereocenters. The average Bonchev–Trinajstić information content (AvgIpc) is 3.38. The fraction of sp³-hybridized carbons (Fsp3) is 0.364. The van der Waals surface area contributed by atoms with Gasteiger partial charge in [0.1, 0.15) is 5.54 Å². The van der Waals surface area contributed by atoms with E-state index in [1.54, 1.807) is 18.2 Å². The summed E-state index contributed by atoms with van der Waals surface area (Å²) in [5.74, 6) is 0.121. The van der Waals surface area contributed by atoms with Crippen molar-refractivity contribution in [2.75, 3.05) is 7.11 Å². The van der Waals surface area contributed by atoms with Crippen molar-refractivity contribution in [2.45, 2.75) is 38.1 Å². The van der Waals surface area contributed by atoms with Gasteiger partial charge >= 0.3 is 12.0 Å². The summed E-state index contributed by atoms with van der Waals surface area (Å²) in [5, 5.41) is 7.81. The number of hydrazone groups is 1. The molecule has 4 rings (SSSR count). The minimum Gasteiger partial charge on any atom is -0.493 e. The lowest BCUT2D eigenvalue weighted by Gasteiger charge is -2.33. The number of nitrogens with zero attached hydrogens (tertiary/aromatic N) is 2. The summed E-state index contributed by atoms with van der Waals surface area (Å²) < 4.78 is 15.6. The Balaban J connectivity index is 1.48. The maximum atomic E-state index is 12.9. The van der Waals surface area contributed by atoms with Gasteiger partial charge in [-0.3, -0.25) is 4.79 Å². The molecule has 1 saturated heterocycles. The van der Waals surface area contributed by atoms with E-state index in [0.29, 0.717) is 30.1 Å². The molecule has 2 heterocycles. The van der Waals surface area contributed by atoms with Crippen molar-refractivity contribution < 1.29 is 28.3 Å². The SMILES string of the molecule is COc1cc(/C=N\N2C(=O)NC3(CCC(C)CC3)C2=O)ccc1OC(=O)c1ccco1. The molecular weight excluding hydrogens is 402 g/mol. The molecule has 2 aliphatic rings. The van der Waals surface area contributed by atoms with E-state index in [9.17, 15) is 14.4 Å². The number of methoxy groups -OCH3 is 1. The van der Waals surface area contributed by atoms with Crippen LogP contribution in [0, 0.1) is 5.92 Å². The van der Waals surface area contributed by atoms with Crippen LogP contribution in [0.1, 0.15) is 48.7 Å². The maximum Gasteiger partial charge on any atom is 0.379 e. The van der Waals surface area contributed by atoms with Crippen molar-refractivity contribution in [1.29, 1.82) is 0 Å². The summed E-state index contributed by atoms with van der Waals surface area (Å²) in [6.45, 7) is 2.15. The Morgan fingerprint density at radius 2 is 2.03 bits per heavy atom. The summed E-state index contributed by atoms with van der Waals surface area (Å²) >= 11 is 0. The van der Waals surface area contributed by atoms with Gasteiger partial charge in [-0.15, -0.1) is 5.01 Å². The van der Waals surface area contributed by atoms with E-state index in [-0.39, 0.29) is 17.4 Å². The van der Waals surface area contributed by atoms with Gasteiger partial charge in [0.15, 0.2) is 11.5 Å². The number of urea groups is 1. The number of nitrogens with one attached hydrogen (secondary N) is 1. The predicted octanol–water partition coefficient (Wildman–Crippen LogP) is 3.34. The van der Waals surface area contributed by atoms with Crippen LogP contribution in [0.4, 0.5) is 4.79 Å². The molecule has 162 valence electrons. The predicted molar refractivity (Wildman–Crippen MR) is 110 cm³/mol. The van der Waals surface area contributed by atoms with Crippen molar-refractivity contribution in [1.82, 2.24) is 10.3 Å². The third-order valence-corrected chi connectivity index (χ3v) is 5.70. The van der Waals surface area contributed by atoms with Gasteiger partial charge < -0.3 is 19.2 Å². The van der Waals surface area contributed by atoms with Crippen LogP contribution in [0.2, 0.25) is 0 Å². The molecule has 1 aliphatic carbocycles. The zero-order valence-corrected chi connectivity index (χ0v) is 17.3. The molecule has 1 aromatic heterocycles. The average molecular weight is 425 g/mol. The molecule has 0 radical (unpaired) electrons. The number of rotatable bonds is 5. The van der Waals surface area contributed by atoms with Crippen LogP contribution in [0.25, 0.3) is 0 Å². The van der Waals surface area contributed by atoms with Gasteiger partial charge in [-0.05, 0) is 67.5 Å². The Kier molecular flexibility index (Phi) is 5.50. The normalized spacial score (nSPS) is 23.4. The van der Waals surface area contributed by atoms with E-state index in [1.807, 2.05) is 0 Å². The first kappa shape index (κ1) is 20.6. The Labute approximate surface area is 179 Å². The van der Waals surface area contributed by atoms with E-state index in [0.717, 1.165) is 17.9 Å². The van der Waals surface area contributed by atoms with Gasteiger partial charge in [-0.2, -0.15) is 5.10 Å². The fourth-order valence-corrected chi connectivity index (χ4v) is 3.82. The Bertz CT molecular complexity index is 1020. The standard InChI is InChI=1S/C22H23N3O6/c1-14-7-9-22(10-8-14)20(27)25(21(28)24-22)23-13-15-5-6-16(18(12-15)29-2)31-19(26)17-4-3-11-30-17/h3-6,11-14H,7-10H2,1-2H3,(H,24,28)/b23-13-.